The highest BCUT2D eigenvalue weighted by Gasteiger charge is 2.26. The molecule has 2 amide bonds. The normalized spacial score (nSPS) is 14.7. The molecule has 0 bridgehead atoms. The fourth-order valence-corrected chi connectivity index (χ4v) is 4.58. The molecule has 6 nitrogen and oxygen atoms in total. The van der Waals surface area contributed by atoms with Crippen LogP contribution in [0.2, 0.25) is 0 Å². The van der Waals surface area contributed by atoms with Gasteiger partial charge in [-0.2, -0.15) is 0 Å². The monoisotopic (exact) mass is 446 g/mol. The van der Waals surface area contributed by atoms with E-state index in [1.165, 1.54) is 0 Å². The van der Waals surface area contributed by atoms with Crippen LogP contribution in [0.3, 0.4) is 0 Å². The summed E-state index contributed by atoms with van der Waals surface area (Å²) in [5.41, 5.74) is 3.90. The van der Waals surface area contributed by atoms with E-state index in [9.17, 15) is 9.59 Å². The molecular weight excluding hydrogens is 412 g/mol. The predicted octanol–water partition coefficient (Wildman–Crippen LogP) is 4.26. The van der Waals surface area contributed by atoms with Crippen molar-refractivity contribution in [3.63, 3.8) is 0 Å². The third-order valence-electron chi connectivity index (χ3n) is 6.28. The first kappa shape index (κ1) is 23.1. The summed E-state index contributed by atoms with van der Waals surface area (Å²) in [5.74, 6) is 0.574. The van der Waals surface area contributed by atoms with Gasteiger partial charge in [-0.3, -0.25) is 14.5 Å². The maximum Gasteiger partial charge on any atom is 0.256 e. The fraction of sp³-hybridized carbons (Fsp3) is 0.407. The molecule has 0 unspecified atom stereocenters. The molecule has 1 aliphatic rings. The van der Waals surface area contributed by atoms with Gasteiger partial charge in [0.1, 0.15) is 0 Å². The van der Waals surface area contributed by atoms with Crippen molar-refractivity contribution < 1.29 is 9.59 Å². The molecule has 2 heterocycles. The molecule has 0 saturated carbocycles. The van der Waals surface area contributed by atoms with Crippen LogP contribution in [-0.4, -0.2) is 58.9 Å². The minimum Gasteiger partial charge on any atom is -0.346 e. The van der Waals surface area contributed by atoms with E-state index in [1.807, 2.05) is 53.6 Å². The van der Waals surface area contributed by atoms with Gasteiger partial charge in [0.2, 0.25) is 5.91 Å². The summed E-state index contributed by atoms with van der Waals surface area (Å²) >= 11 is 0. The molecule has 0 atom stereocenters. The minimum absolute atomic E-state index is 0.00701. The standard InChI is InChI=1S/C27H34N4O2/c1-4-21-9-5-7-11-24(21)28-26(32)19-29-13-15-30(16-14-29)27(33)23-18-31(17-20(2)3)25-12-8-6-10-22(23)25/h5-12,18,20H,4,13-17,19H2,1-3H3,(H,28,32). The molecule has 174 valence electrons. The molecule has 0 aliphatic carbocycles. The topological polar surface area (TPSA) is 57.6 Å². The van der Waals surface area contributed by atoms with E-state index >= 15 is 0 Å². The summed E-state index contributed by atoms with van der Waals surface area (Å²) in [6, 6.07) is 16.1. The smallest absolute Gasteiger partial charge is 0.256 e. The van der Waals surface area contributed by atoms with Crippen molar-refractivity contribution in [2.24, 2.45) is 5.92 Å². The van der Waals surface area contributed by atoms with Crippen molar-refractivity contribution in [2.75, 3.05) is 38.0 Å². The summed E-state index contributed by atoms with van der Waals surface area (Å²) in [4.78, 5) is 30.0. The number of nitrogens with one attached hydrogen (secondary N) is 1. The lowest BCUT2D eigenvalue weighted by molar-refractivity contribution is -0.117. The average Bonchev–Trinajstić information content (AvgIpc) is 3.17. The first-order valence-electron chi connectivity index (χ1n) is 11.9. The first-order chi connectivity index (χ1) is 16.0. The van der Waals surface area contributed by atoms with E-state index in [-0.39, 0.29) is 11.8 Å². The largest absolute Gasteiger partial charge is 0.346 e. The van der Waals surface area contributed by atoms with Gasteiger partial charge in [-0.25, -0.2) is 0 Å². The number of benzene rings is 2. The number of para-hydroxylation sites is 2. The van der Waals surface area contributed by atoms with E-state index in [2.05, 4.69) is 41.6 Å². The number of hydrogen-bond acceptors (Lipinski definition) is 3. The average molecular weight is 447 g/mol. The SMILES string of the molecule is CCc1ccccc1NC(=O)CN1CCN(C(=O)c2cn(CC(C)C)c3ccccc23)CC1. The Bertz CT molecular complexity index is 1130. The Morgan fingerprint density at radius 1 is 0.970 bits per heavy atom. The summed E-state index contributed by atoms with van der Waals surface area (Å²) in [5, 5.41) is 4.06. The van der Waals surface area contributed by atoms with Crippen LogP contribution in [-0.2, 0) is 17.8 Å². The maximum atomic E-state index is 13.4. The van der Waals surface area contributed by atoms with Crippen LogP contribution >= 0.6 is 0 Å². The number of hydrogen-bond donors (Lipinski definition) is 1. The van der Waals surface area contributed by atoms with Crippen molar-refractivity contribution in [3.05, 3.63) is 65.9 Å². The Hall–Kier alpha value is -3.12. The van der Waals surface area contributed by atoms with E-state index in [0.29, 0.717) is 38.6 Å². The highest BCUT2D eigenvalue weighted by Crippen LogP contribution is 2.24. The van der Waals surface area contributed by atoms with Crippen LogP contribution in [0, 0.1) is 5.92 Å². The minimum atomic E-state index is -0.00701. The van der Waals surface area contributed by atoms with Gasteiger partial charge in [0, 0.05) is 55.5 Å². The van der Waals surface area contributed by atoms with Gasteiger partial charge < -0.3 is 14.8 Å². The Kier molecular flexibility index (Phi) is 7.14. The number of fused-ring (bicyclic) bond motifs is 1. The molecule has 1 fully saturated rings. The molecule has 1 N–H and O–H groups in total. The summed E-state index contributed by atoms with van der Waals surface area (Å²) in [6.45, 7) is 10.3. The zero-order chi connectivity index (χ0) is 23.4. The van der Waals surface area contributed by atoms with E-state index in [0.717, 1.165) is 40.7 Å². The number of piperazine rings is 1. The van der Waals surface area contributed by atoms with Crippen LogP contribution in [0.1, 0.15) is 36.7 Å². The van der Waals surface area contributed by atoms with Gasteiger partial charge in [0.25, 0.3) is 5.91 Å². The summed E-state index contributed by atoms with van der Waals surface area (Å²) in [7, 11) is 0. The van der Waals surface area contributed by atoms with Crippen LogP contribution < -0.4 is 5.32 Å². The van der Waals surface area contributed by atoms with Crippen molar-refractivity contribution in [1.82, 2.24) is 14.4 Å². The van der Waals surface area contributed by atoms with Gasteiger partial charge in [-0.1, -0.05) is 57.2 Å². The van der Waals surface area contributed by atoms with E-state index in [4.69, 9.17) is 0 Å². The van der Waals surface area contributed by atoms with Crippen molar-refractivity contribution in [3.8, 4) is 0 Å². The second kappa shape index (κ2) is 10.2. The quantitative estimate of drug-likeness (QED) is 0.590. The molecule has 0 spiro atoms. The van der Waals surface area contributed by atoms with Crippen molar-refractivity contribution >= 4 is 28.4 Å². The molecule has 3 aromatic rings. The third-order valence-corrected chi connectivity index (χ3v) is 6.28. The van der Waals surface area contributed by atoms with Gasteiger partial charge >= 0.3 is 0 Å². The number of anilines is 1. The number of aryl methyl sites for hydroxylation is 1. The van der Waals surface area contributed by atoms with E-state index < -0.39 is 0 Å². The number of carbonyl (C=O) groups excluding carboxylic acids is 2. The Labute approximate surface area is 196 Å². The Morgan fingerprint density at radius 3 is 2.39 bits per heavy atom. The highest BCUT2D eigenvalue weighted by atomic mass is 16.2. The Balaban J connectivity index is 1.37. The molecular formula is C27H34N4O2. The van der Waals surface area contributed by atoms with Crippen LogP contribution in [0.25, 0.3) is 10.9 Å². The lowest BCUT2D eigenvalue weighted by Crippen LogP contribution is -2.50. The van der Waals surface area contributed by atoms with Crippen LogP contribution in [0.4, 0.5) is 5.69 Å². The van der Waals surface area contributed by atoms with Crippen LogP contribution in [0.15, 0.2) is 54.7 Å². The number of aromatic nitrogens is 1. The van der Waals surface area contributed by atoms with Gasteiger partial charge in [-0.05, 0) is 30.0 Å². The number of rotatable bonds is 7. The fourth-order valence-electron chi connectivity index (χ4n) is 4.58. The lowest BCUT2D eigenvalue weighted by Gasteiger charge is -2.34. The van der Waals surface area contributed by atoms with Crippen molar-refractivity contribution in [1.29, 1.82) is 0 Å². The second-order valence-electron chi connectivity index (χ2n) is 9.23. The predicted molar refractivity (Wildman–Crippen MR) is 134 cm³/mol. The first-order valence-corrected chi connectivity index (χ1v) is 11.9. The summed E-state index contributed by atoms with van der Waals surface area (Å²) in [6.07, 6.45) is 2.89. The molecule has 6 heteroatoms. The molecule has 2 aromatic carbocycles. The molecule has 1 aromatic heterocycles. The van der Waals surface area contributed by atoms with Gasteiger partial charge in [0.15, 0.2) is 0 Å². The molecule has 0 radical (unpaired) electrons. The van der Waals surface area contributed by atoms with Gasteiger partial charge in [-0.15, -0.1) is 0 Å². The molecule has 33 heavy (non-hydrogen) atoms. The van der Waals surface area contributed by atoms with Gasteiger partial charge in [0.05, 0.1) is 12.1 Å². The number of amides is 2. The Morgan fingerprint density at radius 2 is 1.67 bits per heavy atom. The van der Waals surface area contributed by atoms with Crippen molar-refractivity contribution in [2.45, 2.75) is 33.7 Å². The zero-order valence-corrected chi connectivity index (χ0v) is 19.9. The highest BCUT2D eigenvalue weighted by molar-refractivity contribution is 6.07. The van der Waals surface area contributed by atoms with Crippen LogP contribution in [0.5, 0.6) is 0 Å². The molecule has 4 rings (SSSR count). The molecule has 1 saturated heterocycles. The number of nitrogens with zero attached hydrogens (tertiary/aromatic N) is 3. The zero-order valence-electron chi connectivity index (χ0n) is 19.9. The molecule has 1 aliphatic heterocycles. The lowest BCUT2D eigenvalue weighted by atomic mass is 10.1. The summed E-state index contributed by atoms with van der Waals surface area (Å²) < 4.78 is 2.20. The third kappa shape index (κ3) is 5.28. The second-order valence-corrected chi connectivity index (χ2v) is 9.23. The number of carbonyl (C=O) groups is 2. The van der Waals surface area contributed by atoms with E-state index in [1.54, 1.807) is 0 Å². The maximum absolute atomic E-state index is 13.4.